The molecule has 0 radical (unpaired) electrons. The van der Waals surface area contributed by atoms with Gasteiger partial charge in [0.1, 0.15) is 0 Å². The lowest BCUT2D eigenvalue weighted by Gasteiger charge is -2.02. The standard InChI is InChI=1S/C12H17BrOS/c1-14-8-3-2-4-9-15-12-7-5-6-11(13)10-12/h5-7,10H,2-4,8-9H2,1H3. The maximum Gasteiger partial charge on any atom is 0.0462 e. The lowest BCUT2D eigenvalue weighted by atomic mass is 10.3. The van der Waals surface area contributed by atoms with Crippen molar-refractivity contribution in [2.75, 3.05) is 19.5 Å². The number of hydrogen-bond donors (Lipinski definition) is 0. The van der Waals surface area contributed by atoms with E-state index in [-0.39, 0.29) is 0 Å². The predicted molar refractivity (Wildman–Crippen MR) is 70.6 cm³/mol. The highest BCUT2D eigenvalue weighted by Crippen LogP contribution is 2.22. The van der Waals surface area contributed by atoms with Crippen LogP contribution in [-0.2, 0) is 4.74 Å². The smallest absolute Gasteiger partial charge is 0.0462 e. The van der Waals surface area contributed by atoms with Crippen molar-refractivity contribution < 1.29 is 4.74 Å². The van der Waals surface area contributed by atoms with Gasteiger partial charge in [0.2, 0.25) is 0 Å². The van der Waals surface area contributed by atoms with Crippen LogP contribution in [0.2, 0.25) is 0 Å². The predicted octanol–water partition coefficient (Wildman–Crippen LogP) is 4.36. The minimum Gasteiger partial charge on any atom is -0.385 e. The quantitative estimate of drug-likeness (QED) is 0.545. The molecule has 0 unspecified atom stereocenters. The number of rotatable bonds is 7. The van der Waals surface area contributed by atoms with Crippen LogP contribution in [0.15, 0.2) is 33.6 Å². The molecular formula is C12H17BrOS. The van der Waals surface area contributed by atoms with Gasteiger partial charge in [-0.1, -0.05) is 28.4 Å². The van der Waals surface area contributed by atoms with Gasteiger partial charge in [-0.3, -0.25) is 0 Å². The van der Waals surface area contributed by atoms with Gasteiger partial charge in [0.15, 0.2) is 0 Å². The van der Waals surface area contributed by atoms with Gasteiger partial charge < -0.3 is 4.74 Å². The van der Waals surface area contributed by atoms with Crippen LogP contribution < -0.4 is 0 Å². The Hall–Kier alpha value is 0.01000. The Kier molecular flexibility index (Phi) is 7.14. The van der Waals surface area contributed by atoms with Crippen molar-refractivity contribution in [3.05, 3.63) is 28.7 Å². The maximum absolute atomic E-state index is 5.01. The molecule has 0 atom stereocenters. The third-order valence-corrected chi connectivity index (χ3v) is 3.63. The second kappa shape index (κ2) is 8.20. The van der Waals surface area contributed by atoms with E-state index in [1.165, 1.54) is 29.9 Å². The van der Waals surface area contributed by atoms with E-state index >= 15 is 0 Å². The summed E-state index contributed by atoms with van der Waals surface area (Å²) in [5.41, 5.74) is 0. The molecule has 0 saturated heterocycles. The van der Waals surface area contributed by atoms with Crippen LogP contribution in [0.5, 0.6) is 0 Å². The summed E-state index contributed by atoms with van der Waals surface area (Å²) < 4.78 is 6.17. The monoisotopic (exact) mass is 288 g/mol. The lowest BCUT2D eigenvalue weighted by Crippen LogP contribution is -1.89. The van der Waals surface area contributed by atoms with Crippen LogP contribution in [0.3, 0.4) is 0 Å². The summed E-state index contributed by atoms with van der Waals surface area (Å²) in [6.45, 7) is 0.890. The zero-order valence-electron chi connectivity index (χ0n) is 9.04. The van der Waals surface area contributed by atoms with Crippen LogP contribution in [0, 0.1) is 0 Å². The molecule has 3 heteroatoms. The first-order valence-electron chi connectivity index (χ1n) is 5.20. The molecule has 0 bridgehead atoms. The molecule has 0 aliphatic carbocycles. The Morgan fingerprint density at radius 3 is 2.87 bits per heavy atom. The number of halogens is 1. The first-order chi connectivity index (χ1) is 7.33. The van der Waals surface area contributed by atoms with Crippen LogP contribution >= 0.6 is 27.7 Å². The van der Waals surface area contributed by atoms with Crippen molar-refractivity contribution in [1.82, 2.24) is 0 Å². The SMILES string of the molecule is COCCCCCSc1cccc(Br)c1. The highest BCUT2D eigenvalue weighted by Gasteiger charge is 1.95. The fraction of sp³-hybridized carbons (Fsp3) is 0.500. The number of unbranched alkanes of at least 4 members (excludes halogenated alkanes) is 2. The van der Waals surface area contributed by atoms with E-state index in [1.54, 1.807) is 7.11 Å². The molecular weight excluding hydrogens is 272 g/mol. The zero-order chi connectivity index (χ0) is 10.9. The van der Waals surface area contributed by atoms with Gasteiger partial charge in [0.05, 0.1) is 0 Å². The minimum absolute atomic E-state index is 0.890. The van der Waals surface area contributed by atoms with Gasteiger partial charge in [0.25, 0.3) is 0 Å². The molecule has 84 valence electrons. The van der Waals surface area contributed by atoms with Crippen molar-refractivity contribution in [1.29, 1.82) is 0 Å². The summed E-state index contributed by atoms with van der Waals surface area (Å²) in [4.78, 5) is 1.34. The van der Waals surface area contributed by atoms with Crippen LogP contribution in [0.1, 0.15) is 19.3 Å². The van der Waals surface area contributed by atoms with E-state index in [2.05, 4.69) is 40.2 Å². The van der Waals surface area contributed by atoms with Gasteiger partial charge in [-0.25, -0.2) is 0 Å². The van der Waals surface area contributed by atoms with E-state index in [4.69, 9.17) is 4.74 Å². The number of methoxy groups -OCH3 is 1. The topological polar surface area (TPSA) is 9.23 Å². The van der Waals surface area contributed by atoms with Gasteiger partial charge in [-0.2, -0.15) is 0 Å². The van der Waals surface area contributed by atoms with E-state index in [1.807, 2.05) is 11.8 Å². The number of benzene rings is 1. The Balaban J connectivity index is 2.10. The first kappa shape index (κ1) is 13.1. The number of thioether (sulfide) groups is 1. The molecule has 0 saturated carbocycles. The number of hydrogen-bond acceptors (Lipinski definition) is 2. The van der Waals surface area contributed by atoms with Crippen molar-refractivity contribution in [3.8, 4) is 0 Å². The molecule has 0 N–H and O–H groups in total. The van der Waals surface area contributed by atoms with Crippen LogP contribution in [0.4, 0.5) is 0 Å². The second-order valence-electron chi connectivity index (χ2n) is 3.36. The number of ether oxygens (including phenoxy) is 1. The lowest BCUT2D eigenvalue weighted by molar-refractivity contribution is 0.192. The van der Waals surface area contributed by atoms with Crippen LogP contribution in [0.25, 0.3) is 0 Å². The molecule has 15 heavy (non-hydrogen) atoms. The summed E-state index contributed by atoms with van der Waals surface area (Å²) in [5.74, 6) is 1.19. The first-order valence-corrected chi connectivity index (χ1v) is 6.98. The van der Waals surface area contributed by atoms with E-state index in [9.17, 15) is 0 Å². The van der Waals surface area contributed by atoms with Gasteiger partial charge in [-0.05, 0) is 36.8 Å². The molecule has 0 heterocycles. The molecule has 0 spiro atoms. The maximum atomic E-state index is 5.01. The van der Waals surface area contributed by atoms with Gasteiger partial charge in [0, 0.05) is 23.1 Å². The summed E-state index contributed by atoms with van der Waals surface area (Å²) in [5, 5.41) is 0. The van der Waals surface area contributed by atoms with Crippen molar-refractivity contribution in [2.45, 2.75) is 24.2 Å². The van der Waals surface area contributed by atoms with Crippen molar-refractivity contribution in [3.63, 3.8) is 0 Å². The fourth-order valence-electron chi connectivity index (χ4n) is 1.27. The largest absolute Gasteiger partial charge is 0.385 e. The van der Waals surface area contributed by atoms with E-state index < -0.39 is 0 Å². The second-order valence-corrected chi connectivity index (χ2v) is 5.44. The molecule has 0 amide bonds. The van der Waals surface area contributed by atoms with Crippen molar-refractivity contribution >= 4 is 27.7 Å². The average Bonchev–Trinajstić information content (AvgIpc) is 2.23. The van der Waals surface area contributed by atoms with Gasteiger partial charge >= 0.3 is 0 Å². The van der Waals surface area contributed by atoms with Crippen molar-refractivity contribution in [2.24, 2.45) is 0 Å². The molecule has 0 aromatic heterocycles. The third-order valence-electron chi connectivity index (χ3n) is 2.06. The van der Waals surface area contributed by atoms with E-state index in [0.717, 1.165) is 11.1 Å². The molecule has 1 aromatic rings. The summed E-state index contributed by atoms with van der Waals surface area (Å²) in [7, 11) is 1.76. The fourth-order valence-corrected chi connectivity index (χ4v) is 2.79. The molecule has 0 aliphatic rings. The molecule has 1 aromatic carbocycles. The van der Waals surface area contributed by atoms with E-state index in [0.29, 0.717) is 0 Å². The summed E-state index contributed by atoms with van der Waals surface area (Å²) in [6.07, 6.45) is 3.70. The molecule has 0 fully saturated rings. The normalized spacial score (nSPS) is 10.5. The Morgan fingerprint density at radius 2 is 2.13 bits per heavy atom. The highest BCUT2D eigenvalue weighted by molar-refractivity contribution is 9.10. The third kappa shape index (κ3) is 6.23. The van der Waals surface area contributed by atoms with Gasteiger partial charge in [-0.15, -0.1) is 11.8 Å². The molecule has 1 rings (SSSR count). The summed E-state index contributed by atoms with van der Waals surface area (Å²) >= 11 is 5.40. The zero-order valence-corrected chi connectivity index (χ0v) is 11.4. The minimum atomic E-state index is 0.890. The average molecular weight is 289 g/mol. The Bertz CT molecular complexity index is 278. The Morgan fingerprint density at radius 1 is 1.27 bits per heavy atom. The molecule has 1 nitrogen and oxygen atoms in total. The summed E-state index contributed by atoms with van der Waals surface area (Å²) in [6, 6.07) is 8.46. The highest BCUT2D eigenvalue weighted by atomic mass is 79.9. The van der Waals surface area contributed by atoms with Crippen LogP contribution in [-0.4, -0.2) is 19.5 Å². The molecule has 0 aliphatic heterocycles. The Labute approximate surface area is 105 Å².